The second-order valence-corrected chi connectivity index (χ2v) is 5.31. The zero-order valence-corrected chi connectivity index (χ0v) is 14.0. The molecule has 0 saturated heterocycles. The van der Waals surface area contributed by atoms with Gasteiger partial charge in [0.2, 0.25) is 5.91 Å². The van der Waals surface area contributed by atoms with Crippen molar-refractivity contribution in [2.24, 2.45) is 0 Å². The molecule has 1 amide bonds. The summed E-state index contributed by atoms with van der Waals surface area (Å²) in [6.45, 7) is 6.38. The van der Waals surface area contributed by atoms with Gasteiger partial charge in [0.25, 0.3) is 0 Å². The number of anilines is 3. The van der Waals surface area contributed by atoms with Crippen molar-refractivity contribution in [3.8, 4) is 6.07 Å². The third kappa shape index (κ3) is 4.75. The van der Waals surface area contributed by atoms with Crippen LogP contribution in [0, 0.1) is 11.3 Å². The van der Waals surface area contributed by atoms with Gasteiger partial charge in [0.15, 0.2) is 0 Å². The van der Waals surface area contributed by atoms with Crippen molar-refractivity contribution in [2.75, 3.05) is 35.2 Å². The normalized spacial score (nSPS) is 9.88. The van der Waals surface area contributed by atoms with Crippen molar-refractivity contribution < 1.29 is 4.79 Å². The van der Waals surface area contributed by atoms with Crippen LogP contribution in [0.1, 0.15) is 19.4 Å². The van der Waals surface area contributed by atoms with Crippen LogP contribution < -0.4 is 15.5 Å². The van der Waals surface area contributed by atoms with Gasteiger partial charge in [0.05, 0.1) is 18.2 Å². The molecule has 0 saturated carbocycles. The van der Waals surface area contributed by atoms with E-state index in [1.165, 1.54) is 5.69 Å². The number of nitriles is 1. The van der Waals surface area contributed by atoms with Gasteiger partial charge < -0.3 is 15.5 Å². The van der Waals surface area contributed by atoms with Crippen LogP contribution in [-0.4, -0.2) is 25.5 Å². The Bertz CT molecular complexity index is 698. The maximum Gasteiger partial charge on any atom is 0.243 e. The van der Waals surface area contributed by atoms with E-state index >= 15 is 0 Å². The van der Waals surface area contributed by atoms with Crippen LogP contribution in [0.4, 0.5) is 17.1 Å². The Balaban J connectivity index is 1.86. The Hall–Kier alpha value is -3.00. The first-order valence-electron chi connectivity index (χ1n) is 8.05. The number of carbonyl (C=O) groups is 1. The maximum absolute atomic E-state index is 12.0. The maximum atomic E-state index is 12.0. The third-order valence-corrected chi connectivity index (χ3v) is 3.75. The van der Waals surface area contributed by atoms with Gasteiger partial charge in [-0.05, 0) is 62.4 Å². The predicted molar refractivity (Wildman–Crippen MR) is 98.3 cm³/mol. The predicted octanol–water partition coefficient (Wildman–Crippen LogP) is 3.46. The van der Waals surface area contributed by atoms with Crippen LogP contribution in [0.2, 0.25) is 0 Å². The van der Waals surface area contributed by atoms with E-state index in [0.29, 0.717) is 11.3 Å². The van der Waals surface area contributed by atoms with Crippen molar-refractivity contribution in [1.29, 1.82) is 5.26 Å². The molecule has 2 aromatic carbocycles. The van der Waals surface area contributed by atoms with Crippen molar-refractivity contribution in [2.45, 2.75) is 13.8 Å². The number of benzene rings is 2. The smallest absolute Gasteiger partial charge is 0.243 e. The summed E-state index contributed by atoms with van der Waals surface area (Å²) in [4.78, 5) is 14.2. The summed E-state index contributed by atoms with van der Waals surface area (Å²) in [5, 5.41) is 14.7. The number of amides is 1. The molecule has 0 bridgehead atoms. The van der Waals surface area contributed by atoms with E-state index in [1.54, 1.807) is 24.3 Å². The molecular weight excluding hydrogens is 300 g/mol. The zero-order valence-electron chi connectivity index (χ0n) is 14.0. The Kier molecular flexibility index (Phi) is 6.21. The monoisotopic (exact) mass is 322 g/mol. The molecule has 2 aromatic rings. The number of carbonyl (C=O) groups excluding carboxylic acids is 1. The second kappa shape index (κ2) is 8.59. The summed E-state index contributed by atoms with van der Waals surface area (Å²) in [6.07, 6.45) is 0. The minimum atomic E-state index is -0.132. The lowest BCUT2D eigenvalue weighted by atomic mass is 10.2. The first kappa shape index (κ1) is 17.4. The molecule has 0 aliphatic rings. The van der Waals surface area contributed by atoms with Gasteiger partial charge in [-0.3, -0.25) is 4.79 Å². The van der Waals surface area contributed by atoms with Gasteiger partial charge in [-0.25, -0.2) is 0 Å². The first-order chi connectivity index (χ1) is 11.7. The van der Waals surface area contributed by atoms with E-state index in [-0.39, 0.29) is 12.5 Å². The second-order valence-electron chi connectivity index (χ2n) is 5.31. The molecule has 0 unspecified atom stereocenters. The molecule has 2 N–H and O–H groups in total. The Morgan fingerprint density at radius 3 is 2.12 bits per heavy atom. The molecule has 0 fully saturated rings. The molecule has 0 aliphatic carbocycles. The number of nitrogens with one attached hydrogen (secondary N) is 2. The molecule has 5 heteroatoms. The van der Waals surface area contributed by atoms with E-state index in [4.69, 9.17) is 5.26 Å². The largest absolute Gasteiger partial charge is 0.376 e. The minimum Gasteiger partial charge on any atom is -0.376 e. The van der Waals surface area contributed by atoms with Gasteiger partial charge in [0, 0.05) is 30.2 Å². The molecule has 2 rings (SSSR count). The van der Waals surface area contributed by atoms with Crippen molar-refractivity contribution >= 4 is 23.0 Å². The average Bonchev–Trinajstić information content (AvgIpc) is 2.63. The SMILES string of the molecule is CCN(CC)c1ccc(NCC(=O)Nc2ccc(C#N)cc2)cc1. The van der Waals surface area contributed by atoms with E-state index in [1.807, 2.05) is 30.3 Å². The highest BCUT2D eigenvalue weighted by atomic mass is 16.1. The topological polar surface area (TPSA) is 68.2 Å². The van der Waals surface area contributed by atoms with Gasteiger partial charge in [-0.15, -0.1) is 0 Å². The molecule has 0 heterocycles. The molecule has 0 aliphatic heterocycles. The fourth-order valence-corrected chi connectivity index (χ4v) is 2.39. The van der Waals surface area contributed by atoms with Crippen LogP contribution in [0.15, 0.2) is 48.5 Å². The van der Waals surface area contributed by atoms with Gasteiger partial charge >= 0.3 is 0 Å². The lowest BCUT2D eigenvalue weighted by molar-refractivity contribution is -0.114. The molecule has 24 heavy (non-hydrogen) atoms. The van der Waals surface area contributed by atoms with Crippen molar-refractivity contribution in [1.82, 2.24) is 0 Å². The van der Waals surface area contributed by atoms with E-state index in [9.17, 15) is 4.79 Å². The molecule has 0 spiro atoms. The van der Waals surface area contributed by atoms with Crippen LogP contribution in [0.3, 0.4) is 0 Å². The van der Waals surface area contributed by atoms with Gasteiger partial charge in [0.1, 0.15) is 0 Å². The van der Waals surface area contributed by atoms with Crippen molar-refractivity contribution in [3.63, 3.8) is 0 Å². The van der Waals surface area contributed by atoms with Gasteiger partial charge in [-0.2, -0.15) is 5.26 Å². The van der Waals surface area contributed by atoms with Crippen LogP contribution in [0.5, 0.6) is 0 Å². The minimum absolute atomic E-state index is 0.132. The highest BCUT2D eigenvalue weighted by Crippen LogP contribution is 2.17. The molecular formula is C19H22N4O. The summed E-state index contributed by atoms with van der Waals surface area (Å²) in [7, 11) is 0. The molecule has 124 valence electrons. The highest BCUT2D eigenvalue weighted by Gasteiger charge is 2.04. The fraction of sp³-hybridized carbons (Fsp3) is 0.263. The highest BCUT2D eigenvalue weighted by molar-refractivity contribution is 5.93. The summed E-state index contributed by atoms with van der Waals surface area (Å²) in [5.74, 6) is -0.132. The number of nitrogens with zero attached hydrogens (tertiary/aromatic N) is 2. The van der Waals surface area contributed by atoms with E-state index in [2.05, 4.69) is 29.4 Å². The van der Waals surface area contributed by atoms with Crippen molar-refractivity contribution in [3.05, 3.63) is 54.1 Å². The van der Waals surface area contributed by atoms with E-state index < -0.39 is 0 Å². The Morgan fingerprint density at radius 1 is 1.00 bits per heavy atom. The van der Waals surface area contributed by atoms with Crippen LogP contribution in [0.25, 0.3) is 0 Å². The van der Waals surface area contributed by atoms with Crippen LogP contribution in [-0.2, 0) is 4.79 Å². The zero-order chi connectivity index (χ0) is 17.4. The third-order valence-electron chi connectivity index (χ3n) is 3.75. The summed E-state index contributed by atoms with van der Waals surface area (Å²) in [6, 6.07) is 16.9. The summed E-state index contributed by atoms with van der Waals surface area (Å²) >= 11 is 0. The van der Waals surface area contributed by atoms with Gasteiger partial charge in [-0.1, -0.05) is 0 Å². The van der Waals surface area contributed by atoms with Crippen LogP contribution >= 0.6 is 0 Å². The number of hydrogen-bond donors (Lipinski definition) is 2. The Morgan fingerprint density at radius 2 is 1.58 bits per heavy atom. The summed E-state index contributed by atoms with van der Waals surface area (Å²) < 4.78 is 0. The quantitative estimate of drug-likeness (QED) is 0.819. The molecule has 5 nitrogen and oxygen atoms in total. The first-order valence-corrected chi connectivity index (χ1v) is 8.05. The van der Waals surface area contributed by atoms with E-state index in [0.717, 1.165) is 18.8 Å². The lowest BCUT2D eigenvalue weighted by Gasteiger charge is -2.21. The average molecular weight is 322 g/mol. The summed E-state index contributed by atoms with van der Waals surface area (Å²) in [5.41, 5.74) is 3.32. The number of hydrogen-bond acceptors (Lipinski definition) is 4. The fourth-order valence-electron chi connectivity index (χ4n) is 2.39. The Labute approximate surface area is 142 Å². The molecule has 0 atom stereocenters. The lowest BCUT2D eigenvalue weighted by Crippen LogP contribution is -2.22. The molecule has 0 radical (unpaired) electrons. The number of rotatable bonds is 7. The standard InChI is InChI=1S/C19H22N4O/c1-3-23(4-2)18-11-9-16(10-12-18)21-14-19(24)22-17-7-5-15(13-20)6-8-17/h5-12,21H,3-4,14H2,1-2H3,(H,22,24). The molecule has 0 aromatic heterocycles.